The SMILES string of the molecule is O=C(O)C1=NOC(C(=O)Nc2ccc(Br)cc2)C1. The number of oxime groups is 1. The molecule has 94 valence electrons. The van der Waals surface area contributed by atoms with Gasteiger partial charge in [0.15, 0.2) is 5.71 Å². The monoisotopic (exact) mass is 312 g/mol. The van der Waals surface area contributed by atoms with Crippen LogP contribution in [0.25, 0.3) is 0 Å². The summed E-state index contributed by atoms with van der Waals surface area (Å²) in [7, 11) is 0. The average Bonchev–Trinajstić information content (AvgIpc) is 2.81. The summed E-state index contributed by atoms with van der Waals surface area (Å²) in [5.41, 5.74) is 0.460. The van der Waals surface area contributed by atoms with Crippen LogP contribution >= 0.6 is 15.9 Å². The van der Waals surface area contributed by atoms with Gasteiger partial charge in [0.2, 0.25) is 6.10 Å². The molecule has 18 heavy (non-hydrogen) atoms. The molecule has 1 aliphatic heterocycles. The Hall–Kier alpha value is -1.89. The second-order valence-electron chi connectivity index (χ2n) is 3.64. The minimum atomic E-state index is -1.17. The number of carboxylic acids is 1. The summed E-state index contributed by atoms with van der Waals surface area (Å²) in [4.78, 5) is 27.1. The fourth-order valence-corrected chi connectivity index (χ4v) is 1.66. The number of carbonyl (C=O) groups excluding carboxylic acids is 1. The molecular formula is C11H9BrN2O4. The van der Waals surface area contributed by atoms with E-state index < -0.39 is 18.0 Å². The van der Waals surface area contributed by atoms with Crippen LogP contribution in [0.3, 0.4) is 0 Å². The molecule has 0 aliphatic carbocycles. The van der Waals surface area contributed by atoms with Gasteiger partial charge >= 0.3 is 5.97 Å². The van der Waals surface area contributed by atoms with Gasteiger partial charge in [-0.1, -0.05) is 21.1 Å². The molecule has 1 aromatic carbocycles. The summed E-state index contributed by atoms with van der Waals surface area (Å²) in [5, 5.41) is 14.6. The lowest BCUT2D eigenvalue weighted by atomic mass is 10.1. The largest absolute Gasteiger partial charge is 0.477 e. The number of carbonyl (C=O) groups is 2. The molecule has 2 rings (SSSR count). The minimum Gasteiger partial charge on any atom is -0.477 e. The van der Waals surface area contributed by atoms with E-state index in [1.54, 1.807) is 24.3 Å². The molecule has 2 N–H and O–H groups in total. The summed E-state index contributed by atoms with van der Waals surface area (Å²) in [6, 6.07) is 7.00. The number of halogens is 1. The van der Waals surface area contributed by atoms with Crippen molar-refractivity contribution in [3.8, 4) is 0 Å². The Morgan fingerprint density at radius 2 is 2.06 bits per heavy atom. The molecule has 1 aliphatic rings. The number of anilines is 1. The van der Waals surface area contributed by atoms with Crippen molar-refractivity contribution in [2.24, 2.45) is 5.16 Å². The van der Waals surface area contributed by atoms with Crippen molar-refractivity contribution in [3.63, 3.8) is 0 Å². The van der Waals surface area contributed by atoms with Gasteiger partial charge in [0, 0.05) is 16.6 Å². The third kappa shape index (κ3) is 2.86. The summed E-state index contributed by atoms with van der Waals surface area (Å²) in [6.45, 7) is 0. The fraction of sp³-hybridized carbons (Fsp3) is 0.182. The molecule has 6 nitrogen and oxygen atoms in total. The van der Waals surface area contributed by atoms with E-state index in [1.807, 2.05) is 0 Å². The highest BCUT2D eigenvalue weighted by Crippen LogP contribution is 2.17. The van der Waals surface area contributed by atoms with E-state index in [0.717, 1.165) is 4.47 Å². The van der Waals surface area contributed by atoms with E-state index in [2.05, 4.69) is 26.4 Å². The van der Waals surface area contributed by atoms with Crippen LogP contribution in [0, 0.1) is 0 Å². The number of rotatable bonds is 3. The molecule has 1 unspecified atom stereocenters. The van der Waals surface area contributed by atoms with E-state index >= 15 is 0 Å². The molecule has 0 aromatic heterocycles. The lowest BCUT2D eigenvalue weighted by Crippen LogP contribution is -2.28. The maximum absolute atomic E-state index is 11.8. The lowest BCUT2D eigenvalue weighted by molar-refractivity contribution is -0.129. The van der Waals surface area contributed by atoms with E-state index in [9.17, 15) is 9.59 Å². The van der Waals surface area contributed by atoms with Crippen LogP contribution in [0.2, 0.25) is 0 Å². The molecule has 1 atom stereocenters. The molecule has 7 heteroatoms. The topological polar surface area (TPSA) is 88.0 Å². The molecule has 0 bridgehead atoms. The first-order valence-corrected chi connectivity index (χ1v) is 5.88. The maximum Gasteiger partial charge on any atom is 0.353 e. The van der Waals surface area contributed by atoms with Crippen LogP contribution in [-0.4, -0.2) is 28.8 Å². The second kappa shape index (κ2) is 5.18. The molecule has 0 saturated heterocycles. The Balaban J connectivity index is 1.94. The van der Waals surface area contributed by atoms with E-state index in [1.165, 1.54) is 0 Å². The van der Waals surface area contributed by atoms with Crippen LogP contribution in [0.5, 0.6) is 0 Å². The summed E-state index contributed by atoms with van der Waals surface area (Å²) in [6.07, 6.45) is -0.919. The highest BCUT2D eigenvalue weighted by atomic mass is 79.9. The van der Waals surface area contributed by atoms with Crippen LogP contribution in [0.4, 0.5) is 5.69 Å². The number of carboxylic acid groups (broad SMARTS) is 1. The Morgan fingerprint density at radius 3 is 2.61 bits per heavy atom. The van der Waals surface area contributed by atoms with Gasteiger partial charge in [-0.05, 0) is 24.3 Å². The first kappa shape index (κ1) is 12.6. The zero-order chi connectivity index (χ0) is 13.1. The normalized spacial score (nSPS) is 17.8. The molecular weight excluding hydrogens is 304 g/mol. The summed E-state index contributed by atoms with van der Waals surface area (Å²) >= 11 is 3.28. The van der Waals surface area contributed by atoms with Crippen molar-refractivity contribution in [2.45, 2.75) is 12.5 Å². The lowest BCUT2D eigenvalue weighted by Gasteiger charge is -2.09. The first-order valence-electron chi connectivity index (χ1n) is 5.08. The van der Waals surface area contributed by atoms with Crippen LogP contribution in [-0.2, 0) is 14.4 Å². The predicted molar refractivity (Wildman–Crippen MR) is 67.3 cm³/mol. The zero-order valence-electron chi connectivity index (χ0n) is 9.09. The third-order valence-corrected chi connectivity index (χ3v) is 2.85. The highest BCUT2D eigenvalue weighted by Gasteiger charge is 2.31. The van der Waals surface area contributed by atoms with Crippen molar-refractivity contribution >= 4 is 39.2 Å². The molecule has 1 heterocycles. The van der Waals surface area contributed by atoms with Gasteiger partial charge in [0.05, 0.1) is 0 Å². The molecule has 1 amide bonds. The van der Waals surface area contributed by atoms with Crippen molar-refractivity contribution in [1.29, 1.82) is 0 Å². The fourth-order valence-electron chi connectivity index (χ4n) is 1.40. The smallest absolute Gasteiger partial charge is 0.353 e. The van der Waals surface area contributed by atoms with Crippen molar-refractivity contribution < 1.29 is 19.5 Å². The number of nitrogens with one attached hydrogen (secondary N) is 1. The average molecular weight is 313 g/mol. The summed E-state index contributed by atoms with van der Waals surface area (Å²) < 4.78 is 0.897. The van der Waals surface area contributed by atoms with Gasteiger partial charge in [0.1, 0.15) is 0 Å². The highest BCUT2D eigenvalue weighted by molar-refractivity contribution is 9.10. The first-order chi connectivity index (χ1) is 8.56. The Bertz CT molecular complexity index is 512. The second-order valence-corrected chi connectivity index (χ2v) is 4.55. The Morgan fingerprint density at radius 1 is 1.39 bits per heavy atom. The van der Waals surface area contributed by atoms with Gasteiger partial charge in [-0.15, -0.1) is 0 Å². The zero-order valence-corrected chi connectivity index (χ0v) is 10.7. The predicted octanol–water partition coefficient (Wildman–Crippen LogP) is 1.62. The van der Waals surface area contributed by atoms with Crippen LogP contribution in [0.15, 0.2) is 33.9 Å². The van der Waals surface area contributed by atoms with Gasteiger partial charge in [-0.3, -0.25) is 4.79 Å². The van der Waals surface area contributed by atoms with Crippen molar-refractivity contribution in [1.82, 2.24) is 0 Å². The van der Waals surface area contributed by atoms with Crippen LogP contribution in [0.1, 0.15) is 6.42 Å². The number of hydrogen-bond donors (Lipinski definition) is 2. The van der Waals surface area contributed by atoms with Crippen molar-refractivity contribution in [3.05, 3.63) is 28.7 Å². The quantitative estimate of drug-likeness (QED) is 0.887. The summed E-state index contributed by atoms with van der Waals surface area (Å²) in [5.74, 6) is -1.59. The van der Waals surface area contributed by atoms with Crippen molar-refractivity contribution in [2.75, 3.05) is 5.32 Å². The van der Waals surface area contributed by atoms with Gasteiger partial charge in [0.25, 0.3) is 5.91 Å². The van der Waals surface area contributed by atoms with Crippen LogP contribution < -0.4 is 5.32 Å². The third-order valence-electron chi connectivity index (χ3n) is 2.32. The van der Waals surface area contributed by atoms with Gasteiger partial charge in [-0.2, -0.15) is 0 Å². The molecule has 0 saturated carbocycles. The molecule has 1 aromatic rings. The Labute approximate surface area is 111 Å². The number of aliphatic carboxylic acids is 1. The molecule has 0 fully saturated rings. The molecule has 0 spiro atoms. The van der Waals surface area contributed by atoms with E-state index in [-0.39, 0.29) is 12.1 Å². The van der Waals surface area contributed by atoms with E-state index in [0.29, 0.717) is 5.69 Å². The van der Waals surface area contributed by atoms with E-state index in [4.69, 9.17) is 9.94 Å². The minimum absolute atomic E-state index is 0.0301. The standard InChI is InChI=1S/C11H9BrN2O4/c12-6-1-3-7(4-2-6)13-10(15)9-5-8(11(16)17)14-18-9/h1-4,9H,5H2,(H,13,15)(H,16,17). The maximum atomic E-state index is 11.8. The Kier molecular flexibility index (Phi) is 3.61. The number of amides is 1. The number of hydrogen-bond acceptors (Lipinski definition) is 4. The van der Waals surface area contributed by atoms with Gasteiger partial charge < -0.3 is 15.3 Å². The number of benzene rings is 1. The van der Waals surface area contributed by atoms with Gasteiger partial charge in [-0.25, -0.2) is 4.79 Å². The number of nitrogens with zero attached hydrogens (tertiary/aromatic N) is 1. The molecule has 0 radical (unpaired) electrons.